The van der Waals surface area contributed by atoms with E-state index in [4.69, 9.17) is 4.52 Å². The minimum absolute atomic E-state index is 0.0705. The predicted molar refractivity (Wildman–Crippen MR) is 84.1 cm³/mol. The molecule has 3 aromatic heterocycles. The highest BCUT2D eigenvalue weighted by Crippen LogP contribution is 2.30. The van der Waals surface area contributed by atoms with Crippen LogP contribution >= 0.6 is 11.3 Å². The van der Waals surface area contributed by atoms with Crippen LogP contribution in [0.3, 0.4) is 0 Å². The molecule has 4 rings (SSSR count). The number of aryl methyl sites for hydroxylation is 1. The van der Waals surface area contributed by atoms with Crippen molar-refractivity contribution in [2.24, 2.45) is 0 Å². The Morgan fingerprint density at radius 2 is 2.39 bits per heavy atom. The van der Waals surface area contributed by atoms with Crippen molar-refractivity contribution in [3.63, 3.8) is 0 Å². The largest absolute Gasteiger partial charge is 0.339 e. The minimum atomic E-state index is -0.0738. The van der Waals surface area contributed by atoms with E-state index in [0.29, 0.717) is 24.6 Å². The number of aromatic nitrogens is 4. The van der Waals surface area contributed by atoms with Crippen molar-refractivity contribution in [2.45, 2.75) is 38.6 Å². The lowest BCUT2D eigenvalue weighted by Gasteiger charge is -2.21. The number of rotatable bonds is 4. The summed E-state index contributed by atoms with van der Waals surface area (Å²) in [5, 5.41) is 6.02. The van der Waals surface area contributed by atoms with Crippen molar-refractivity contribution >= 4 is 22.2 Å². The Balaban J connectivity index is 1.51. The highest BCUT2D eigenvalue weighted by molar-refractivity contribution is 7.15. The van der Waals surface area contributed by atoms with Gasteiger partial charge in [-0.2, -0.15) is 4.98 Å². The van der Waals surface area contributed by atoms with Gasteiger partial charge in [0, 0.05) is 30.7 Å². The summed E-state index contributed by atoms with van der Waals surface area (Å²) in [6, 6.07) is -0.0738. The average molecular weight is 331 g/mol. The Bertz CT molecular complexity index is 807. The fourth-order valence-electron chi connectivity index (χ4n) is 3.00. The van der Waals surface area contributed by atoms with Gasteiger partial charge in [0.25, 0.3) is 0 Å². The van der Waals surface area contributed by atoms with Gasteiger partial charge in [0.2, 0.25) is 11.8 Å². The number of carbonyl (C=O) groups is 1. The molecule has 0 aromatic carbocycles. The molecule has 7 nitrogen and oxygen atoms in total. The lowest BCUT2D eigenvalue weighted by molar-refractivity contribution is -0.131. The Labute approximate surface area is 136 Å². The van der Waals surface area contributed by atoms with Gasteiger partial charge in [0.15, 0.2) is 10.8 Å². The van der Waals surface area contributed by atoms with E-state index in [9.17, 15) is 4.79 Å². The topological polar surface area (TPSA) is 76.5 Å². The zero-order chi connectivity index (χ0) is 15.8. The highest BCUT2D eigenvalue weighted by Gasteiger charge is 2.33. The molecule has 1 amide bonds. The number of hydrogen-bond donors (Lipinski definition) is 0. The van der Waals surface area contributed by atoms with Gasteiger partial charge in [0.1, 0.15) is 0 Å². The molecule has 0 bridgehead atoms. The third kappa shape index (κ3) is 2.63. The van der Waals surface area contributed by atoms with Gasteiger partial charge in [-0.05, 0) is 12.8 Å². The van der Waals surface area contributed by atoms with E-state index in [-0.39, 0.29) is 11.9 Å². The first-order valence-electron chi connectivity index (χ1n) is 7.77. The van der Waals surface area contributed by atoms with E-state index in [1.54, 1.807) is 11.3 Å². The van der Waals surface area contributed by atoms with Crippen molar-refractivity contribution < 1.29 is 9.32 Å². The first-order valence-corrected chi connectivity index (χ1v) is 8.65. The molecule has 1 atom stereocenters. The first kappa shape index (κ1) is 14.4. The molecule has 4 heterocycles. The molecule has 1 aliphatic rings. The van der Waals surface area contributed by atoms with Gasteiger partial charge >= 0.3 is 0 Å². The number of nitrogens with zero attached hydrogens (tertiary/aromatic N) is 5. The summed E-state index contributed by atoms with van der Waals surface area (Å²) in [4.78, 5) is 24.3. The van der Waals surface area contributed by atoms with Crippen LogP contribution in [0.15, 0.2) is 22.3 Å². The van der Waals surface area contributed by atoms with E-state index < -0.39 is 0 Å². The molecular formula is C15H17N5O2S. The standard InChI is InChI=1S/C15H17N5O2S/c1-2-12-17-14(18-22-12)11-4-3-5-20(11)13(21)8-10-9-19-6-7-23-15(19)16-10/h6-7,9,11H,2-5,8H2,1H3/t11-/m0/s1. The van der Waals surface area contributed by atoms with Crippen LogP contribution in [0.5, 0.6) is 0 Å². The second kappa shape index (κ2) is 5.77. The van der Waals surface area contributed by atoms with E-state index in [1.165, 1.54) is 0 Å². The summed E-state index contributed by atoms with van der Waals surface area (Å²) in [7, 11) is 0. The zero-order valence-electron chi connectivity index (χ0n) is 12.8. The van der Waals surface area contributed by atoms with Crippen LogP contribution in [-0.2, 0) is 17.6 Å². The van der Waals surface area contributed by atoms with Gasteiger partial charge in [-0.25, -0.2) is 4.98 Å². The Kier molecular flexibility index (Phi) is 3.60. The highest BCUT2D eigenvalue weighted by atomic mass is 32.1. The summed E-state index contributed by atoms with van der Waals surface area (Å²) in [5.41, 5.74) is 0.801. The van der Waals surface area contributed by atoms with Crippen LogP contribution in [0.2, 0.25) is 0 Å². The molecular weight excluding hydrogens is 314 g/mol. The van der Waals surface area contributed by atoms with Gasteiger partial charge < -0.3 is 9.42 Å². The zero-order valence-corrected chi connectivity index (χ0v) is 13.6. The SMILES string of the molecule is CCc1nc([C@@H]2CCCN2C(=O)Cc2cn3ccsc3n2)no1. The number of carbonyl (C=O) groups excluding carboxylic acids is 1. The lowest BCUT2D eigenvalue weighted by Crippen LogP contribution is -2.32. The number of thiazole rings is 1. The van der Waals surface area contributed by atoms with Crippen molar-refractivity contribution in [1.29, 1.82) is 0 Å². The van der Waals surface area contributed by atoms with Crippen molar-refractivity contribution in [3.05, 3.63) is 35.2 Å². The Morgan fingerprint density at radius 1 is 1.48 bits per heavy atom. The summed E-state index contributed by atoms with van der Waals surface area (Å²) < 4.78 is 7.13. The average Bonchev–Trinajstić information content (AvgIpc) is 3.29. The van der Waals surface area contributed by atoms with Crippen LogP contribution < -0.4 is 0 Å². The van der Waals surface area contributed by atoms with E-state index in [0.717, 1.165) is 30.0 Å². The number of imidazole rings is 1. The predicted octanol–water partition coefficient (Wildman–Crippen LogP) is 2.25. The van der Waals surface area contributed by atoms with Crippen LogP contribution in [0, 0.1) is 0 Å². The molecule has 1 saturated heterocycles. The summed E-state index contributed by atoms with van der Waals surface area (Å²) in [5.74, 6) is 1.31. The first-order chi connectivity index (χ1) is 11.2. The van der Waals surface area contributed by atoms with E-state index >= 15 is 0 Å². The monoisotopic (exact) mass is 331 g/mol. The molecule has 0 radical (unpaired) electrons. The maximum Gasteiger partial charge on any atom is 0.229 e. The second-order valence-corrected chi connectivity index (χ2v) is 6.52. The van der Waals surface area contributed by atoms with Gasteiger partial charge in [-0.15, -0.1) is 11.3 Å². The molecule has 0 N–H and O–H groups in total. The fraction of sp³-hybridized carbons (Fsp3) is 0.467. The molecule has 0 saturated carbocycles. The number of amides is 1. The number of hydrogen-bond acceptors (Lipinski definition) is 6. The van der Waals surface area contributed by atoms with Crippen LogP contribution in [-0.4, -0.2) is 36.9 Å². The lowest BCUT2D eigenvalue weighted by atomic mass is 10.2. The summed E-state index contributed by atoms with van der Waals surface area (Å²) >= 11 is 1.56. The van der Waals surface area contributed by atoms with Gasteiger partial charge in [0.05, 0.1) is 18.2 Å². The van der Waals surface area contributed by atoms with Gasteiger partial charge in [-0.1, -0.05) is 12.1 Å². The molecule has 1 fully saturated rings. The van der Waals surface area contributed by atoms with E-state index in [1.807, 2.05) is 34.0 Å². The van der Waals surface area contributed by atoms with Crippen molar-refractivity contribution in [3.8, 4) is 0 Å². The number of fused-ring (bicyclic) bond motifs is 1. The molecule has 23 heavy (non-hydrogen) atoms. The van der Waals surface area contributed by atoms with Crippen molar-refractivity contribution in [1.82, 2.24) is 24.4 Å². The molecule has 0 aliphatic carbocycles. The maximum atomic E-state index is 12.7. The van der Waals surface area contributed by atoms with Crippen LogP contribution in [0.4, 0.5) is 0 Å². The second-order valence-electron chi connectivity index (χ2n) is 5.65. The summed E-state index contributed by atoms with van der Waals surface area (Å²) in [6.45, 7) is 2.71. The molecule has 3 aromatic rings. The molecule has 8 heteroatoms. The van der Waals surface area contributed by atoms with Gasteiger partial charge in [-0.3, -0.25) is 9.20 Å². The van der Waals surface area contributed by atoms with Crippen LogP contribution in [0.25, 0.3) is 4.96 Å². The molecule has 0 unspecified atom stereocenters. The molecule has 1 aliphatic heterocycles. The number of likely N-dealkylation sites (tertiary alicyclic amines) is 1. The quantitative estimate of drug-likeness (QED) is 0.733. The molecule has 0 spiro atoms. The minimum Gasteiger partial charge on any atom is -0.339 e. The maximum absolute atomic E-state index is 12.7. The van der Waals surface area contributed by atoms with Crippen molar-refractivity contribution in [2.75, 3.05) is 6.54 Å². The smallest absolute Gasteiger partial charge is 0.229 e. The molecule has 120 valence electrons. The third-order valence-corrected chi connectivity index (χ3v) is 4.90. The third-order valence-electron chi connectivity index (χ3n) is 4.13. The normalized spacial score (nSPS) is 18.1. The summed E-state index contributed by atoms with van der Waals surface area (Å²) in [6.07, 6.45) is 6.73. The fourth-order valence-corrected chi connectivity index (χ4v) is 3.72. The Morgan fingerprint density at radius 3 is 3.17 bits per heavy atom. The van der Waals surface area contributed by atoms with E-state index in [2.05, 4.69) is 15.1 Å². The van der Waals surface area contributed by atoms with Crippen LogP contribution in [0.1, 0.15) is 43.2 Å². The Hall–Kier alpha value is -2.22.